The Bertz CT molecular complexity index is 142. The van der Waals surface area contributed by atoms with Gasteiger partial charge in [0.25, 0.3) is 0 Å². The second-order valence-corrected chi connectivity index (χ2v) is 3.97. The number of hydrogen-bond acceptors (Lipinski definition) is 2. The number of nitrogens with two attached hydrogens (primary N) is 1. The van der Waals surface area contributed by atoms with Gasteiger partial charge in [-0.2, -0.15) is 0 Å². The molecule has 0 saturated carbocycles. The van der Waals surface area contributed by atoms with Crippen LogP contribution in [0.1, 0.15) is 32.6 Å². The van der Waals surface area contributed by atoms with Gasteiger partial charge in [-0.1, -0.05) is 6.92 Å². The van der Waals surface area contributed by atoms with E-state index in [4.69, 9.17) is 10.5 Å². The first-order valence-corrected chi connectivity index (χ1v) is 5.17. The van der Waals surface area contributed by atoms with E-state index in [9.17, 15) is 4.39 Å². The van der Waals surface area contributed by atoms with Crippen LogP contribution in [0.2, 0.25) is 0 Å². The van der Waals surface area contributed by atoms with Gasteiger partial charge in [-0.15, -0.1) is 0 Å². The Morgan fingerprint density at radius 1 is 1.46 bits per heavy atom. The van der Waals surface area contributed by atoms with Crippen molar-refractivity contribution in [3.8, 4) is 0 Å². The Balaban J connectivity index is 2.35. The van der Waals surface area contributed by atoms with Crippen molar-refractivity contribution in [3.05, 3.63) is 0 Å². The summed E-state index contributed by atoms with van der Waals surface area (Å²) < 4.78 is 19.1. The van der Waals surface area contributed by atoms with E-state index in [1.54, 1.807) is 0 Å². The smallest absolute Gasteiger partial charge is 0.123 e. The fraction of sp³-hybridized carbons (Fsp3) is 1.00. The zero-order chi connectivity index (χ0) is 9.73. The summed E-state index contributed by atoms with van der Waals surface area (Å²) in [5.41, 5.74) is 4.29. The number of alkyl halides is 1. The summed E-state index contributed by atoms with van der Waals surface area (Å²) >= 11 is 0. The van der Waals surface area contributed by atoms with Gasteiger partial charge >= 0.3 is 0 Å². The summed E-state index contributed by atoms with van der Waals surface area (Å²) in [6, 6.07) is 0. The highest BCUT2D eigenvalue weighted by Crippen LogP contribution is 2.29. The van der Waals surface area contributed by atoms with Gasteiger partial charge in [-0.25, -0.2) is 4.39 Å². The third kappa shape index (κ3) is 3.24. The van der Waals surface area contributed by atoms with Crippen LogP contribution in [-0.4, -0.2) is 25.4 Å². The van der Waals surface area contributed by atoms with Gasteiger partial charge in [-0.05, 0) is 31.6 Å². The standard InChI is InChI=1S/C10H20FNO/c1-2-10(11,8-12)7-9-3-5-13-6-4-9/h9H,2-8,12H2,1H3. The summed E-state index contributed by atoms with van der Waals surface area (Å²) in [6.45, 7) is 3.59. The highest BCUT2D eigenvalue weighted by Gasteiger charge is 2.30. The molecule has 2 N–H and O–H groups in total. The van der Waals surface area contributed by atoms with Crippen LogP contribution >= 0.6 is 0 Å². The summed E-state index contributed by atoms with van der Waals surface area (Å²) in [7, 11) is 0. The van der Waals surface area contributed by atoms with Crippen molar-refractivity contribution >= 4 is 0 Å². The number of rotatable bonds is 4. The Kier molecular flexibility index (Phi) is 4.13. The second kappa shape index (κ2) is 4.91. The van der Waals surface area contributed by atoms with E-state index < -0.39 is 5.67 Å². The topological polar surface area (TPSA) is 35.2 Å². The first kappa shape index (κ1) is 10.9. The molecule has 0 aromatic rings. The maximum Gasteiger partial charge on any atom is 0.123 e. The molecular formula is C10H20FNO. The van der Waals surface area contributed by atoms with Crippen molar-refractivity contribution in [2.24, 2.45) is 11.7 Å². The molecule has 13 heavy (non-hydrogen) atoms. The van der Waals surface area contributed by atoms with Crippen molar-refractivity contribution in [3.63, 3.8) is 0 Å². The van der Waals surface area contributed by atoms with Gasteiger partial charge in [0.05, 0.1) is 0 Å². The minimum absolute atomic E-state index is 0.154. The zero-order valence-corrected chi connectivity index (χ0v) is 8.39. The van der Waals surface area contributed by atoms with Gasteiger partial charge in [-0.3, -0.25) is 0 Å². The number of halogens is 1. The predicted octanol–water partition coefficient (Wildman–Crippen LogP) is 1.88. The Morgan fingerprint density at radius 3 is 2.54 bits per heavy atom. The van der Waals surface area contributed by atoms with Gasteiger partial charge in [0, 0.05) is 19.8 Å². The van der Waals surface area contributed by atoms with E-state index in [0.29, 0.717) is 18.8 Å². The maximum atomic E-state index is 13.9. The fourth-order valence-electron chi connectivity index (χ4n) is 1.84. The molecule has 1 aliphatic rings. The van der Waals surface area contributed by atoms with E-state index in [1.165, 1.54) is 0 Å². The molecule has 78 valence electrons. The summed E-state index contributed by atoms with van der Waals surface area (Å²) in [5, 5.41) is 0. The van der Waals surface area contributed by atoms with E-state index in [1.807, 2.05) is 6.92 Å². The maximum absolute atomic E-state index is 13.9. The van der Waals surface area contributed by atoms with Crippen LogP contribution in [0.5, 0.6) is 0 Å². The summed E-state index contributed by atoms with van der Waals surface area (Å²) in [4.78, 5) is 0. The van der Waals surface area contributed by atoms with Crippen LogP contribution in [0.3, 0.4) is 0 Å². The lowest BCUT2D eigenvalue weighted by Gasteiger charge is -2.29. The zero-order valence-electron chi connectivity index (χ0n) is 8.39. The molecule has 1 saturated heterocycles. The van der Waals surface area contributed by atoms with Crippen molar-refractivity contribution < 1.29 is 9.13 Å². The molecule has 0 amide bonds. The van der Waals surface area contributed by atoms with E-state index in [-0.39, 0.29) is 6.54 Å². The molecule has 2 nitrogen and oxygen atoms in total. The molecule has 0 aromatic heterocycles. The lowest BCUT2D eigenvalue weighted by Crippen LogP contribution is -2.35. The molecule has 0 radical (unpaired) electrons. The number of ether oxygens (including phenoxy) is 1. The molecule has 1 atom stereocenters. The Labute approximate surface area is 79.6 Å². The molecule has 0 bridgehead atoms. The van der Waals surface area contributed by atoms with Gasteiger partial charge in [0.15, 0.2) is 0 Å². The van der Waals surface area contributed by atoms with Crippen LogP contribution in [0, 0.1) is 5.92 Å². The Morgan fingerprint density at radius 2 is 2.08 bits per heavy atom. The van der Waals surface area contributed by atoms with Crippen molar-refractivity contribution in [2.45, 2.75) is 38.3 Å². The van der Waals surface area contributed by atoms with Crippen LogP contribution in [-0.2, 0) is 4.74 Å². The Hall–Kier alpha value is -0.150. The second-order valence-electron chi connectivity index (χ2n) is 3.97. The van der Waals surface area contributed by atoms with Crippen molar-refractivity contribution in [2.75, 3.05) is 19.8 Å². The minimum Gasteiger partial charge on any atom is -0.381 e. The third-order valence-corrected chi connectivity index (χ3v) is 2.99. The van der Waals surface area contributed by atoms with Crippen molar-refractivity contribution in [1.29, 1.82) is 0 Å². The highest BCUT2D eigenvalue weighted by molar-refractivity contribution is 4.82. The quantitative estimate of drug-likeness (QED) is 0.733. The molecule has 0 aliphatic carbocycles. The molecule has 1 aliphatic heterocycles. The molecule has 0 aromatic carbocycles. The van der Waals surface area contributed by atoms with E-state index in [0.717, 1.165) is 26.1 Å². The summed E-state index contributed by atoms with van der Waals surface area (Å²) in [5.74, 6) is 0.474. The molecule has 3 heteroatoms. The van der Waals surface area contributed by atoms with Crippen LogP contribution in [0.4, 0.5) is 4.39 Å². The molecule has 0 spiro atoms. The van der Waals surface area contributed by atoms with Crippen LogP contribution in [0.15, 0.2) is 0 Å². The highest BCUT2D eigenvalue weighted by atomic mass is 19.1. The minimum atomic E-state index is -1.14. The molecule has 1 rings (SSSR count). The molecule has 1 heterocycles. The summed E-state index contributed by atoms with van der Waals surface area (Å²) in [6.07, 6.45) is 3.13. The van der Waals surface area contributed by atoms with Crippen LogP contribution < -0.4 is 5.73 Å². The fourth-order valence-corrected chi connectivity index (χ4v) is 1.84. The number of hydrogen-bond donors (Lipinski definition) is 1. The normalized spacial score (nSPS) is 24.2. The van der Waals surface area contributed by atoms with Gasteiger partial charge in [0.2, 0.25) is 0 Å². The van der Waals surface area contributed by atoms with Crippen LogP contribution in [0.25, 0.3) is 0 Å². The third-order valence-electron chi connectivity index (χ3n) is 2.99. The molecule has 1 fully saturated rings. The largest absolute Gasteiger partial charge is 0.381 e. The average molecular weight is 189 g/mol. The predicted molar refractivity (Wildman–Crippen MR) is 51.3 cm³/mol. The molecular weight excluding hydrogens is 169 g/mol. The van der Waals surface area contributed by atoms with Gasteiger partial charge < -0.3 is 10.5 Å². The lowest BCUT2D eigenvalue weighted by atomic mass is 9.85. The lowest BCUT2D eigenvalue weighted by molar-refractivity contribution is 0.0361. The average Bonchev–Trinajstić information content (AvgIpc) is 2.19. The SMILES string of the molecule is CCC(F)(CN)CC1CCOCC1. The van der Waals surface area contributed by atoms with E-state index >= 15 is 0 Å². The van der Waals surface area contributed by atoms with Crippen molar-refractivity contribution in [1.82, 2.24) is 0 Å². The monoisotopic (exact) mass is 189 g/mol. The first-order valence-electron chi connectivity index (χ1n) is 5.17. The van der Waals surface area contributed by atoms with Gasteiger partial charge in [0.1, 0.15) is 5.67 Å². The molecule has 1 unspecified atom stereocenters. The first-order chi connectivity index (χ1) is 6.20. The van der Waals surface area contributed by atoms with E-state index in [2.05, 4.69) is 0 Å².